The van der Waals surface area contributed by atoms with Crippen molar-refractivity contribution in [1.82, 2.24) is 4.31 Å². The zero-order valence-electron chi connectivity index (χ0n) is 15.9. The predicted octanol–water partition coefficient (Wildman–Crippen LogP) is 2.38. The van der Waals surface area contributed by atoms with E-state index in [-0.39, 0.29) is 25.9 Å². The average Bonchev–Trinajstić information content (AvgIpc) is 2.71. The number of benzene rings is 2. The number of hydrogen-bond donors (Lipinski definition) is 2. The summed E-state index contributed by atoms with van der Waals surface area (Å²) < 4.78 is 80.9. The first-order valence-electron chi connectivity index (χ1n) is 9.05. The molecule has 3 N–H and O–H groups in total. The van der Waals surface area contributed by atoms with Gasteiger partial charge < -0.3 is 11.1 Å². The molecule has 1 aliphatic rings. The van der Waals surface area contributed by atoms with Crippen molar-refractivity contribution in [2.45, 2.75) is 17.7 Å². The largest absolute Gasteiger partial charge is 0.366 e. The number of nitrogens with two attached hydrogens (primary N) is 1. The molecule has 1 fully saturated rings. The second kappa shape index (κ2) is 8.63. The molecule has 166 valence electrons. The third kappa shape index (κ3) is 4.69. The number of nitrogens with zero attached hydrogens (tertiary/aromatic N) is 1. The molecule has 3 rings (SSSR count). The maximum absolute atomic E-state index is 13.9. The molecule has 0 aromatic heterocycles. The van der Waals surface area contributed by atoms with Crippen LogP contribution in [0.5, 0.6) is 0 Å². The zero-order valence-corrected chi connectivity index (χ0v) is 16.7. The number of rotatable bonds is 5. The lowest BCUT2D eigenvalue weighted by Crippen LogP contribution is -2.41. The van der Waals surface area contributed by atoms with Crippen LogP contribution in [0.15, 0.2) is 35.2 Å². The summed E-state index contributed by atoms with van der Waals surface area (Å²) in [6.07, 6.45) is 0.0426. The van der Waals surface area contributed by atoms with Crippen molar-refractivity contribution in [3.63, 3.8) is 0 Å². The predicted molar refractivity (Wildman–Crippen MR) is 101 cm³/mol. The van der Waals surface area contributed by atoms with Gasteiger partial charge in [-0.1, -0.05) is 0 Å². The fourth-order valence-corrected chi connectivity index (χ4v) is 4.79. The first-order valence-corrected chi connectivity index (χ1v) is 10.5. The second-order valence-corrected chi connectivity index (χ2v) is 8.82. The van der Waals surface area contributed by atoms with Gasteiger partial charge in [0.05, 0.1) is 11.3 Å². The fourth-order valence-electron chi connectivity index (χ4n) is 3.24. The highest BCUT2D eigenvalue weighted by Gasteiger charge is 2.34. The number of amides is 2. The average molecular weight is 459 g/mol. The molecular formula is C19H17F4N3O4S. The van der Waals surface area contributed by atoms with Crippen LogP contribution in [0.1, 0.15) is 23.2 Å². The topological polar surface area (TPSA) is 110 Å². The van der Waals surface area contributed by atoms with Gasteiger partial charge in [0, 0.05) is 25.1 Å². The van der Waals surface area contributed by atoms with Crippen LogP contribution in [-0.2, 0) is 14.8 Å². The smallest absolute Gasteiger partial charge is 0.251 e. The van der Waals surface area contributed by atoms with Crippen LogP contribution in [0.4, 0.5) is 23.2 Å². The highest BCUT2D eigenvalue weighted by molar-refractivity contribution is 7.89. The minimum absolute atomic E-state index is 0.0213. The Morgan fingerprint density at radius 3 is 2.23 bits per heavy atom. The number of halogens is 4. The van der Waals surface area contributed by atoms with Gasteiger partial charge >= 0.3 is 0 Å². The van der Waals surface area contributed by atoms with Crippen LogP contribution in [-0.4, -0.2) is 37.6 Å². The fraction of sp³-hybridized carbons (Fsp3) is 0.263. The van der Waals surface area contributed by atoms with Gasteiger partial charge in [-0.3, -0.25) is 9.59 Å². The Bertz CT molecular complexity index is 1150. The van der Waals surface area contributed by atoms with Crippen LogP contribution in [0.3, 0.4) is 0 Å². The summed E-state index contributed by atoms with van der Waals surface area (Å²) in [4.78, 5) is 22.8. The maximum atomic E-state index is 13.9. The summed E-state index contributed by atoms with van der Waals surface area (Å²) in [6, 6.07) is 3.27. The number of hydrogen-bond acceptors (Lipinski definition) is 4. The van der Waals surface area contributed by atoms with E-state index in [0.29, 0.717) is 18.2 Å². The van der Waals surface area contributed by atoms with E-state index in [1.54, 1.807) is 0 Å². The SMILES string of the molecule is NC(=O)c1cc(NC(=O)C2CCN(S(=O)(=O)c3cc(F)ccc3F)CC2)c(F)cc1F. The molecule has 2 aromatic rings. The molecule has 0 bridgehead atoms. The molecular weight excluding hydrogens is 442 g/mol. The Morgan fingerprint density at radius 1 is 0.968 bits per heavy atom. The number of nitrogens with one attached hydrogen (secondary N) is 1. The number of primary amides is 1. The van der Waals surface area contributed by atoms with E-state index in [1.807, 2.05) is 0 Å². The minimum atomic E-state index is -4.32. The van der Waals surface area contributed by atoms with Gasteiger partial charge in [-0.15, -0.1) is 0 Å². The maximum Gasteiger partial charge on any atom is 0.251 e. The van der Waals surface area contributed by atoms with Crippen molar-refractivity contribution in [2.75, 3.05) is 18.4 Å². The molecule has 2 amide bonds. The van der Waals surface area contributed by atoms with Crippen molar-refractivity contribution in [1.29, 1.82) is 0 Å². The van der Waals surface area contributed by atoms with Crippen LogP contribution in [0.2, 0.25) is 0 Å². The number of sulfonamides is 1. The summed E-state index contributed by atoms with van der Waals surface area (Å²) >= 11 is 0. The summed E-state index contributed by atoms with van der Waals surface area (Å²) in [5.41, 5.74) is 3.96. The standard InChI is InChI=1S/C19H17F4N3O4S/c20-11-1-2-13(21)17(7-11)31(29,30)26-5-3-10(4-6-26)19(28)25-16-8-12(18(24)27)14(22)9-15(16)23/h1-2,7-10H,3-6H2,(H2,24,27)(H,25,28). The van der Waals surface area contributed by atoms with Crippen LogP contribution in [0.25, 0.3) is 0 Å². The van der Waals surface area contributed by atoms with E-state index in [2.05, 4.69) is 5.32 Å². The summed E-state index contributed by atoms with van der Waals surface area (Å²) in [6.45, 7) is -0.316. The molecule has 1 aliphatic heterocycles. The summed E-state index contributed by atoms with van der Waals surface area (Å²) in [5.74, 6) is -6.84. The minimum Gasteiger partial charge on any atom is -0.366 e. The molecule has 31 heavy (non-hydrogen) atoms. The van der Waals surface area contributed by atoms with Crippen molar-refractivity contribution in [3.05, 3.63) is 59.2 Å². The Kier molecular flexibility index (Phi) is 6.32. The first-order chi connectivity index (χ1) is 14.5. The molecule has 0 atom stereocenters. The van der Waals surface area contributed by atoms with Gasteiger partial charge in [0.15, 0.2) is 0 Å². The molecule has 12 heteroatoms. The quantitative estimate of drug-likeness (QED) is 0.669. The molecule has 0 spiro atoms. The highest BCUT2D eigenvalue weighted by atomic mass is 32.2. The third-order valence-corrected chi connectivity index (χ3v) is 6.83. The van der Waals surface area contributed by atoms with Crippen LogP contribution >= 0.6 is 0 Å². The molecule has 0 aliphatic carbocycles. The first kappa shape index (κ1) is 22.7. The molecule has 0 saturated carbocycles. The van der Waals surface area contributed by atoms with Crippen LogP contribution in [0, 0.1) is 29.2 Å². The monoisotopic (exact) mass is 459 g/mol. The number of anilines is 1. The molecule has 7 nitrogen and oxygen atoms in total. The Labute approximate surface area is 174 Å². The van der Waals surface area contributed by atoms with E-state index < -0.39 is 67.2 Å². The molecule has 2 aromatic carbocycles. The summed E-state index contributed by atoms with van der Waals surface area (Å²) in [7, 11) is -4.32. The molecule has 0 unspecified atom stereocenters. The number of carbonyl (C=O) groups is 2. The van der Waals surface area contributed by atoms with Crippen molar-refractivity contribution < 1.29 is 35.6 Å². The highest BCUT2D eigenvalue weighted by Crippen LogP contribution is 2.27. The van der Waals surface area contributed by atoms with Crippen molar-refractivity contribution in [3.8, 4) is 0 Å². The molecule has 1 heterocycles. The van der Waals surface area contributed by atoms with Gasteiger partial charge in [-0.25, -0.2) is 26.0 Å². The third-order valence-electron chi connectivity index (χ3n) is 4.92. The lowest BCUT2D eigenvalue weighted by Gasteiger charge is -2.30. The lowest BCUT2D eigenvalue weighted by atomic mass is 9.97. The molecule has 0 radical (unpaired) electrons. The van der Waals surface area contributed by atoms with Gasteiger partial charge in [0.25, 0.3) is 5.91 Å². The normalized spacial score (nSPS) is 15.6. The van der Waals surface area contributed by atoms with Gasteiger partial charge in [0.1, 0.15) is 28.2 Å². The number of piperidine rings is 1. The Hall–Kier alpha value is -2.99. The Morgan fingerprint density at radius 2 is 1.61 bits per heavy atom. The lowest BCUT2D eigenvalue weighted by molar-refractivity contribution is -0.120. The van der Waals surface area contributed by atoms with E-state index in [0.717, 1.165) is 16.4 Å². The van der Waals surface area contributed by atoms with E-state index in [4.69, 9.17) is 5.73 Å². The van der Waals surface area contributed by atoms with Crippen molar-refractivity contribution in [2.24, 2.45) is 11.7 Å². The summed E-state index contributed by atoms with van der Waals surface area (Å²) in [5, 5.41) is 2.24. The van der Waals surface area contributed by atoms with Crippen LogP contribution < -0.4 is 11.1 Å². The van der Waals surface area contributed by atoms with E-state index >= 15 is 0 Å². The van der Waals surface area contributed by atoms with E-state index in [9.17, 15) is 35.6 Å². The second-order valence-electron chi connectivity index (χ2n) is 6.92. The zero-order chi connectivity index (χ0) is 22.9. The molecule has 1 saturated heterocycles. The van der Waals surface area contributed by atoms with Gasteiger partial charge in [0.2, 0.25) is 15.9 Å². The van der Waals surface area contributed by atoms with Crippen molar-refractivity contribution >= 4 is 27.5 Å². The van der Waals surface area contributed by atoms with E-state index in [1.165, 1.54) is 0 Å². The van der Waals surface area contributed by atoms with Gasteiger partial charge in [-0.05, 0) is 37.1 Å². The number of carbonyl (C=O) groups excluding carboxylic acids is 2. The Balaban J connectivity index is 1.70. The van der Waals surface area contributed by atoms with Gasteiger partial charge in [-0.2, -0.15) is 4.31 Å².